The largest absolute Gasteiger partial charge is 0.416 e. The molecule has 4 aromatic rings. The zero-order chi connectivity index (χ0) is 26.7. The number of carbonyl (C=O) groups is 1. The molecular weight excluding hydrogens is 491 g/mol. The maximum atomic E-state index is 13.9. The van der Waals surface area contributed by atoms with Crippen LogP contribution in [0.3, 0.4) is 0 Å². The van der Waals surface area contributed by atoms with Crippen molar-refractivity contribution < 1.29 is 18.0 Å². The summed E-state index contributed by atoms with van der Waals surface area (Å²) in [5, 5.41) is 2.64. The molecule has 6 nitrogen and oxygen atoms in total. The van der Waals surface area contributed by atoms with Crippen molar-refractivity contribution in [3.05, 3.63) is 89.7 Å². The Labute approximate surface area is 219 Å². The highest BCUT2D eigenvalue weighted by atomic mass is 19.4. The van der Waals surface area contributed by atoms with Gasteiger partial charge in [0.05, 0.1) is 23.0 Å². The van der Waals surface area contributed by atoms with E-state index in [0.717, 1.165) is 61.1 Å². The lowest BCUT2D eigenvalue weighted by atomic mass is 10.0. The molecule has 3 aromatic carbocycles. The van der Waals surface area contributed by atoms with Gasteiger partial charge in [0.1, 0.15) is 6.33 Å². The molecule has 1 aliphatic rings. The summed E-state index contributed by atoms with van der Waals surface area (Å²) in [5.41, 5.74) is 3.19. The molecule has 9 heteroatoms. The molecule has 5 rings (SSSR count). The Bertz CT molecular complexity index is 1410. The second-order valence-electron chi connectivity index (χ2n) is 9.57. The molecule has 0 saturated carbocycles. The first-order valence-electron chi connectivity index (χ1n) is 12.8. The third-order valence-electron chi connectivity index (χ3n) is 7.04. The number of carbonyl (C=O) groups excluding carboxylic acids is 1. The van der Waals surface area contributed by atoms with Crippen LogP contribution in [0.2, 0.25) is 0 Å². The van der Waals surface area contributed by atoms with Gasteiger partial charge in [-0.25, -0.2) is 4.98 Å². The number of anilines is 1. The van der Waals surface area contributed by atoms with Crippen molar-refractivity contribution in [2.75, 3.05) is 38.0 Å². The highest BCUT2D eigenvalue weighted by Crippen LogP contribution is 2.34. The number of para-hydroxylation sites is 2. The number of halogens is 3. The van der Waals surface area contributed by atoms with Crippen molar-refractivity contribution in [3.63, 3.8) is 0 Å². The molecule has 0 radical (unpaired) electrons. The molecule has 2 heterocycles. The second-order valence-corrected chi connectivity index (χ2v) is 9.57. The molecule has 38 heavy (non-hydrogen) atoms. The number of hydrogen-bond donors (Lipinski definition) is 1. The van der Waals surface area contributed by atoms with E-state index in [2.05, 4.69) is 22.1 Å². The Balaban J connectivity index is 1.24. The Hall–Kier alpha value is -3.69. The molecule has 1 aliphatic heterocycles. The highest BCUT2D eigenvalue weighted by molar-refractivity contribution is 5.92. The van der Waals surface area contributed by atoms with Gasteiger partial charge >= 0.3 is 6.18 Å². The number of rotatable bonds is 7. The Morgan fingerprint density at radius 1 is 0.947 bits per heavy atom. The number of nitrogens with zero attached hydrogens (tertiary/aromatic N) is 4. The quantitative estimate of drug-likeness (QED) is 0.356. The first-order chi connectivity index (χ1) is 18.3. The van der Waals surface area contributed by atoms with Crippen LogP contribution in [0.25, 0.3) is 16.7 Å². The number of imidazole rings is 1. The van der Waals surface area contributed by atoms with E-state index in [9.17, 15) is 18.0 Å². The van der Waals surface area contributed by atoms with Crippen molar-refractivity contribution in [1.82, 2.24) is 19.4 Å². The SMILES string of the molecule is CCN1CCN(Cc2ccc(NC(=O)Cc3ccc(-n4cnc5ccccc54)cc3)cc2C(F)(F)F)CC1. The Morgan fingerprint density at radius 3 is 2.37 bits per heavy atom. The van der Waals surface area contributed by atoms with Crippen molar-refractivity contribution in [2.24, 2.45) is 0 Å². The van der Waals surface area contributed by atoms with Crippen LogP contribution >= 0.6 is 0 Å². The van der Waals surface area contributed by atoms with E-state index in [0.29, 0.717) is 0 Å². The molecule has 0 aliphatic carbocycles. The fourth-order valence-electron chi connectivity index (χ4n) is 4.89. The van der Waals surface area contributed by atoms with Crippen molar-refractivity contribution in [2.45, 2.75) is 26.1 Å². The Morgan fingerprint density at radius 2 is 1.66 bits per heavy atom. The van der Waals surface area contributed by atoms with E-state index >= 15 is 0 Å². The van der Waals surface area contributed by atoms with Crippen LogP contribution in [-0.2, 0) is 23.9 Å². The maximum absolute atomic E-state index is 13.9. The van der Waals surface area contributed by atoms with Crippen LogP contribution in [-0.4, -0.2) is 58.0 Å². The van der Waals surface area contributed by atoms with Crippen LogP contribution in [0.4, 0.5) is 18.9 Å². The summed E-state index contributed by atoms with van der Waals surface area (Å²) in [6.45, 7) is 6.44. The zero-order valence-electron chi connectivity index (χ0n) is 21.2. The fraction of sp³-hybridized carbons (Fsp3) is 0.310. The van der Waals surface area contributed by atoms with Gasteiger partial charge in [0.15, 0.2) is 0 Å². The fourth-order valence-corrected chi connectivity index (χ4v) is 4.89. The van der Waals surface area contributed by atoms with Crippen LogP contribution in [0.1, 0.15) is 23.6 Å². The summed E-state index contributed by atoms with van der Waals surface area (Å²) in [6.07, 6.45) is -2.70. The van der Waals surface area contributed by atoms with Gasteiger partial charge in [0, 0.05) is 44.1 Å². The molecule has 0 atom stereocenters. The molecule has 0 spiro atoms. The van der Waals surface area contributed by atoms with Crippen LogP contribution in [0.5, 0.6) is 0 Å². The lowest BCUT2D eigenvalue weighted by Crippen LogP contribution is -2.45. The number of amides is 1. The van der Waals surface area contributed by atoms with Gasteiger partial charge < -0.3 is 10.2 Å². The summed E-state index contributed by atoms with van der Waals surface area (Å²) >= 11 is 0. The van der Waals surface area contributed by atoms with E-state index in [-0.39, 0.29) is 30.1 Å². The number of fused-ring (bicyclic) bond motifs is 1. The average molecular weight is 522 g/mol. The number of piperazine rings is 1. The Kier molecular flexibility index (Phi) is 7.49. The zero-order valence-corrected chi connectivity index (χ0v) is 21.2. The third-order valence-corrected chi connectivity index (χ3v) is 7.04. The number of hydrogen-bond acceptors (Lipinski definition) is 4. The van der Waals surface area contributed by atoms with Crippen molar-refractivity contribution in [3.8, 4) is 5.69 Å². The van der Waals surface area contributed by atoms with Crippen LogP contribution < -0.4 is 5.32 Å². The average Bonchev–Trinajstić information content (AvgIpc) is 3.34. The molecule has 1 N–H and O–H groups in total. The summed E-state index contributed by atoms with van der Waals surface area (Å²) < 4.78 is 43.6. The lowest BCUT2D eigenvalue weighted by Gasteiger charge is -2.34. The van der Waals surface area contributed by atoms with Gasteiger partial charge in [0.25, 0.3) is 0 Å². The van der Waals surface area contributed by atoms with Crippen LogP contribution in [0, 0.1) is 0 Å². The second kappa shape index (κ2) is 11.0. The minimum atomic E-state index is -4.51. The normalized spacial score (nSPS) is 15.2. The monoisotopic (exact) mass is 521 g/mol. The standard InChI is InChI=1S/C29H30F3N5O/c1-2-35-13-15-36(16-14-35)19-22-9-10-23(18-25(22)29(30,31)32)34-28(38)17-21-7-11-24(12-8-21)37-20-33-26-5-3-4-6-27(26)37/h3-12,18,20H,2,13-17,19H2,1H3,(H,34,38). The summed E-state index contributed by atoms with van der Waals surface area (Å²) in [5.74, 6) is -0.373. The number of nitrogens with one attached hydrogen (secondary N) is 1. The summed E-state index contributed by atoms with van der Waals surface area (Å²) in [6, 6.07) is 19.4. The number of aromatic nitrogens is 2. The molecule has 1 saturated heterocycles. The number of likely N-dealkylation sites (N-methyl/N-ethyl adjacent to an activating group) is 1. The molecule has 1 fully saturated rings. The van der Waals surface area contributed by atoms with Crippen molar-refractivity contribution in [1.29, 1.82) is 0 Å². The van der Waals surface area contributed by atoms with Crippen molar-refractivity contribution >= 4 is 22.6 Å². The van der Waals surface area contributed by atoms with Gasteiger partial charge in [-0.15, -0.1) is 0 Å². The van der Waals surface area contributed by atoms with Gasteiger partial charge in [-0.1, -0.05) is 37.3 Å². The van der Waals surface area contributed by atoms with E-state index < -0.39 is 11.7 Å². The van der Waals surface area contributed by atoms with Gasteiger partial charge in [0.2, 0.25) is 5.91 Å². The predicted molar refractivity (Wildman–Crippen MR) is 142 cm³/mol. The van der Waals surface area contributed by atoms with Crippen LogP contribution in [0.15, 0.2) is 73.1 Å². The minimum absolute atomic E-state index is 0.0514. The molecule has 198 valence electrons. The third kappa shape index (κ3) is 5.89. The number of benzene rings is 3. The van der Waals surface area contributed by atoms with E-state index in [1.54, 1.807) is 12.4 Å². The molecule has 0 unspecified atom stereocenters. The van der Waals surface area contributed by atoms with E-state index in [1.165, 1.54) is 6.07 Å². The lowest BCUT2D eigenvalue weighted by molar-refractivity contribution is -0.138. The highest BCUT2D eigenvalue weighted by Gasteiger charge is 2.34. The van der Waals surface area contributed by atoms with E-state index in [4.69, 9.17) is 0 Å². The topological polar surface area (TPSA) is 53.4 Å². The first-order valence-corrected chi connectivity index (χ1v) is 12.8. The molecule has 1 aromatic heterocycles. The summed E-state index contributed by atoms with van der Waals surface area (Å²) in [7, 11) is 0. The summed E-state index contributed by atoms with van der Waals surface area (Å²) in [4.78, 5) is 21.4. The predicted octanol–water partition coefficient (Wildman–Crippen LogP) is 5.36. The van der Waals surface area contributed by atoms with Gasteiger partial charge in [-0.3, -0.25) is 14.3 Å². The molecule has 1 amide bonds. The maximum Gasteiger partial charge on any atom is 0.416 e. The minimum Gasteiger partial charge on any atom is -0.326 e. The van der Waals surface area contributed by atoms with E-state index in [1.807, 2.05) is 58.0 Å². The van der Waals surface area contributed by atoms with Gasteiger partial charge in [-0.2, -0.15) is 13.2 Å². The molecule has 0 bridgehead atoms. The first kappa shape index (κ1) is 25.9. The van der Waals surface area contributed by atoms with Gasteiger partial charge in [-0.05, 0) is 54.1 Å². The smallest absolute Gasteiger partial charge is 0.326 e. The molecular formula is C29H30F3N5O. The number of alkyl halides is 3.